The van der Waals surface area contributed by atoms with Gasteiger partial charge in [-0.15, -0.1) is 0 Å². The molecule has 0 spiro atoms. The lowest BCUT2D eigenvalue weighted by Crippen LogP contribution is -2.60. The summed E-state index contributed by atoms with van der Waals surface area (Å²) in [5, 5.41) is 8.49. The third-order valence-corrected chi connectivity index (χ3v) is 4.87. The molecule has 1 amide bonds. The maximum Gasteiger partial charge on any atom is 0.410 e. The molecule has 0 bridgehead atoms. The summed E-state index contributed by atoms with van der Waals surface area (Å²) in [4.78, 5) is 23.8. The average molecular weight is 365 g/mol. The molecule has 6 heteroatoms. The van der Waals surface area contributed by atoms with Crippen molar-refractivity contribution in [2.24, 2.45) is 0 Å². The summed E-state index contributed by atoms with van der Waals surface area (Å²) in [6.07, 6.45) is -0.623. The van der Waals surface area contributed by atoms with E-state index >= 15 is 0 Å². The highest BCUT2D eigenvalue weighted by atomic mass is 19.1. The van der Waals surface area contributed by atoms with Crippen LogP contribution in [0.25, 0.3) is 11.1 Å². The van der Waals surface area contributed by atoms with Crippen molar-refractivity contribution in [3.8, 4) is 23.0 Å². The Balaban J connectivity index is 1.42. The Morgan fingerprint density at radius 1 is 1.11 bits per heavy atom. The number of carboxylic acid groups (broad SMARTS) is 1. The molecule has 0 unspecified atom stereocenters. The Labute approximate surface area is 155 Å². The molecule has 0 radical (unpaired) electrons. The normalized spacial score (nSPS) is 16.4. The first-order valence-corrected chi connectivity index (χ1v) is 8.52. The van der Waals surface area contributed by atoms with Gasteiger partial charge in [0.1, 0.15) is 6.61 Å². The fourth-order valence-electron chi connectivity index (χ4n) is 3.62. The number of fused-ring (bicyclic) bond motifs is 3. The van der Waals surface area contributed by atoms with Crippen molar-refractivity contribution < 1.29 is 23.8 Å². The van der Waals surface area contributed by atoms with Crippen LogP contribution in [0.1, 0.15) is 17.0 Å². The highest BCUT2D eigenvalue weighted by Gasteiger charge is 2.46. The fourth-order valence-corrected chi connectivity index (χ4v) is 3.62. The van der Waals surface area contributed by atoms with Crippen LogP contribution in [0.5, 0.6) is 0 Å². The molecule has 1 N–H and O–H groups in total. The van der Waals surface area contributed by atoms with Gasteiger partial charge in [-0.05, 0) is 28.2 Å². The van der Waals surface area contributed by atoms with E-state index in [2.05, 4.69) is 0 Å². The molecular weight excluding hydrogens is 349 g/mol. The lowest BCUT2D eigenvalue weighted by atomic mass is 9.97. The maximum atomic E-state index is 14.1. The minimum Gasteiger partial charge on any atom is -0.472 e. The number of nitrogens with zero attached hydrogens (tertiary/aromatic N) is 1. The summed E-state index contributed by atoms with van der Waals surface area (Å²) >= 11 is 0. The smallest absolute Gasteiger partial charge is 0.410 e. The number of rotatable bonds is 2. The zero-order chi connectivity index (χ0) is 19.0. The summed E-state index contributed by atoms with van der Waals surface area (Å²) in [6.45, 7) is -0.419. The molecule has 136 valence electrons. The van der Waals surface area contributed by atoms with Gasteiger partial charge in [-0.25, -0.2) is 14.0 Å². The number of carbonyl (C=O) groups excluding carboxylic acids is 1. The van der Waals surface area contributed by atoms with Gasteiger partial charge >= 0.3 is 12.1 Å². The first-order chi connectivity index (χ1) is 13.0. The Hall–Kier alpha value is -3.33. The summed E-state index contributed by atoms with van der Waals surface area (Å²) in [6, 6.07) is 16.0. The van der Waals surface area contributed by atoms with Gasteiger partial charge in [0, 0.05) is 11.8 Å². The summed E-state index contributed by atoms with van der Waals surface area (Å²) in [5.41, 5.74) is 2.48. The van der Waals surface area contributed by atoms with E-state index < -0.39 is 17.7 Å². The summed E-state index contributed by atoms with van der Waals surface area (Å²) in [5.74, 6) is 2.33. The molecule has 4 rings (SSSR count). The van der Waals surface area contributed by atoms with Gasteiger partial charge in [-0.2, -0.15) is 0 Å². The Bertz CT molecular complexity index is 939. The van der Waals surface area contributed by atoms with Crippen LogP contribution in [-0.2, 0) is 9.53 Å². The molecule has 0 saturated carbocycles. The molecule has 1 aliphatic carbocycles. The number of benzene rings is 2. The van der Waals surface area contributed by atoms with Gasteiger partial charge in [0.2, 0.25) is 5.67 Å². The first-order valence-electron chi connectivity index (χ1n) is 8.52. The zero-order valence-electron chi connectivity index (χ0n) is 14.3. The van der Waals surface area contributed by atoms with E-state index in [4.69, 9.17) is 9.84 Å². The van der Waals surface area contributed by atoms with Gasteiger partial charge in [0.15, 0.2) is 0 Å². The molecule has 27 heavy (non-hydrogen) atoms. The second-order valence-corrected chi connectivity index (χ2v) is 6.68. The third-order valence-electron chi connectivity index (χ3n) is 4.87. The van der Waals surface area contributed by atoms with Crippen LogP contribution in [0, 0.1) is 11.8 Å². The first kappa shape index (κ1) is 17.1. The molecule has 2 aromatic carbocycles. The molecule has 0 atom stereocenters. The third kappa shape index (κ3) is 3.13. The van der Waals surface area contributed by atoms with E-state index in [9.17, 15) is 14.0 Å². The van der Waals surface area contributed by atoms with Crippen LogP contribution in [0.4, 0.5) is 9.18 Å². The molecule has 1 heterocycles. The summed E-state index contributed by atoms with van der Waals surface area (Å²) in [7, 11) is 0. The van der Waals surface area contributed by atoms with E-state index in [1.54, 1.807) is 5.92 Å². The van der Waals surface area contributed by atoms with E-state index in [1.807, 2.05) is 54.5 Å². The summed E-state index contributed by atoms with van der Waals surface area (Å²) < 4.78 is 19.5. The van der Waals surface area contributed by atoms with Crippen LogP contribution in [0.2, 0.25) is 0 Å². The van der Waals surface area contributed by atoms with Crippen molar-refractivity contribution in [2.75, 3.05) is 19.7 Å². The largest absolute Gasteiger partial charge is 0.472 e. The van der Waals surface area contributed by atoms with Crippen molar-refractivity contribution in [2.45, 2.75) is 11.6 Å². The highest BCUT2D eigenvalue weighted by Crippen LogP contribution is 2.44. The van der Waals surface area contributed by atoms with Crippen molar-refractivity contribution in [1.82, 2.24) is 4.90 Å². The number of hydrogen-bond acceptors (Lipinski definition) is 3. The molecule has 1 fully saturated rings. The number of alkyl halides is 1. The topological polar surface area (TPSA) is 66.8 Å². The van der Waals surface area contributed by atoms with E-state index in [-0.39, 0.29) is 25.6 Å². The maximum absolute atomic E-state index is 14.1. The van der Waals surface area contributed by atoms with E-state index in [0.717, 1.165) is 22.3 Å². The van der Waals surface area contributed by atoms with Crippen LogP contribution in [0.3, 0.4) is 0 Å². The van der Waals surface area contributed by atoms with E-state index in [0.29, 0.717) is 0 Å². The standard InChI is InChI=1S/C21H16FNO4/c22-21(10-9-19(24)25)12-23(13-21)20(26)27-11-18-16-7-3-1-5-14(16)15-6-2-4-8-17(15)18/h1-8,18H,11-13H2,(H,24,25). The second-order valence-electron chi connectivity index (χ2n) is 6.68. The van der Waals surface area contributed by atoms with Crippen LogP contribution < -0.4 is 0 Å². The molecule has 0 aromatic heterocycles. The predicted molar refractivity (Wildman–Crippen MR) is 95.9 cm³/mol. The number of hydrogen-bond donors (Lipinski definition) is 1. The van der Waals surface area contributed by atoms with Crippen molar-refractivity contribution in [3.63, 3.8) is 0 Å². The minimum atomic E-state index is -1.98. The van der Waals surface area contributed by atoms with Gasteiger partial charge < -0.3 is 9.84 Å². The lowest BCUT2D eigenvalue weighted by molar-refractivity contribution is -0.130. The van der Waals surface area contributed by atoms with Crippen LogP contribution in [-0.4, -0.2) is 47.4 Å². The Morgan fingerprint density at radius 3 is 2.22 bits per heavy atom. The van der Waals surface area contributed by atoms with E-state index in [1.165, 1.54) is 4.90 Å². The Kier molecular flexibility index (Phi) is 4.08. The molecule has 1 saturated heterocycles. The number of halogens is 1. The number of likely N-dealkylation sites (tertiary alicyclic amines) is 1. The highest BCUT2D eigenvalue weighted by molar-refractivity contribution is 5.87. The Morgan fingerprint density at radius 2 is 1.67 bits per heavy atom. The van der Waals surface area contributed by atoms with Gasteiger partial charge in [-0.1, -0.05) is 48.5 Å². The SMILES string of the molecule is O=C(O)C#CC1(F)CN(C(=O)OCC2c3ccccc3-c3ccccc32)C1. The van der Waals surface area contributed by atoms with Crippen molar-refractivity contribution >= 4 is 12.1 Å². The minimum absolute atomic E-state index is 0.0652. The average Bonchev–Trinajstić information content (AvgIpc) is 2.96. The van der Waals surface area contributed by atoms with Crippen LogP contribution in [0.15, 0.2) is 48.5 Å². The van der Waals surface area contributed by atoms with Gasteiger partial charge in [0.05, 0.1) is 13.1 Å². The number of amides is 1. The predicted octanol–water partition coefficient (Wildman–Crippen LogP) is 3.05. The zero-order valence-corrected chi connectivity index (χ0v) is 14.3. The van der Waals surface area contributed by atoms with Crippen molar-refractivity contribution in [1.29, 1.82) is 0 Å². The van der Waals surface area contributed by atoms with Crippen molar-refractivity contribution in [3.05, 3.63) is 59.7 Å². The van der Waals surface area contributed by atoms with Gasteiger partial charge in [0.25, 0.3) is 0 Å². The van der Waals surface area contributed by atoms with Crippen LogP contribution >= 0.6 is 0 Å². The molecule has 5 nitrogen and oxygen atoms in total. The number of ether oxygens (including phenoxy) is 1. The monoisotopic (exact) mass is 365 g/mol. The second kappa shape index (κ2) is 6.44. The van der Waals surface area contributed by atoms with Gasteiger partial charge in [-0.3, -0.25) is 4.90 Å². The lowest BCUT2D eigenvalue weighted by Gasteiger charge is -2.40. The fraction of sp³-hybridized carbons (Fsp3) is 0.238. The number of aliphatic carboxylic acids is 1. The quantitative estimate of drug-likeness (QED) is 0.831. The molecule has 2 aromatic rings. The number of carboxylic acids is 1. The molecule has 1 aliphatic heterocycles. The molecular formula is C21H16FNO4. The number of carbonyl (C=O) groups is 2. The molecule has 2 aliphatic rings.